The third-order valence-electron chi connectivity index (χ3n) is 6.51. The van der Waals surface area contributed by atoms with E-state index in [1.807, 2.05) is 24.3 Å². The van der Waals surface area contributed by atoms with Crippen molar-refractivity contribution in [3.05, 3.63) is 59.7 Å². The summed E-state index contributed by atoms with van der Waals surface area (Å²) in [5.41, 5.74) is 3.95. The molecule has 0 radical (unpaired) electrons. The van der Waals surface area contributed by atoms with Crippen LogP contribution in [0.3, 0.4) is 0 Å². The van der Waals surface area contributed by atoms with Crippen LogP contribution in [0.5, 0.6) is 0 Å². The number of aliphatic carboxylic acids is 1. The van der Waals surface area contributed by atoms with Crippen LogP contribution in [0, 0.1) is 0 Å². The Hall–Kier alpha value is -2.86. The van der Waals surface area contributed by atoms with Gasteiger partial charge in [-0.05, 0) is 35.1 Å². The van der Waals surface area contributed by atoms with Crippen molar-refractivity contribution >= 4 is 12.1 Å². The molecule has 2 N–H and O–H groups in total. The summed E-state index contributed by atoms with van der Waals surface area (Å²) in [6.07, 6.45) is 2.56. The zero-order valence-corrected chi connectivity index (χ0v) is 17.1. The fourth-order valence-electron chi connectivity index (χ4n) is 4.99. The number of methoxy groups -OCH3 is 1. The number of ether oxygens (including phenoxy) is 2. The summed E-state index contributed by atoms with van der Waals surface area (Å²) >= 11 is 0. The SMILES string of the molecule is COC1(C(CC(=O)O)NC(=O)OCC2c3ccccc3-c3ccccc32)CCCC1. The Labute approximate surface area is 176 Å². The van der Waals surface area contributed by atoms with Crippen molar-refractivity contribution < 1.29 is 24.2 Å². The number of hydrogen-bond acceptors (Lipinski definition) is 4. The summed E-state index contributed by atoms with van der Waals surface area (Å²) in [6.45, 7) is 0.194. The second kappa shape index (κ2) is 8.48. The summed E-state index contributed by atoms with van der Waals surface area (Å²) in [4.78, 5) is 24.0. The highest BCUT2D eigenvalue weighted by Gasteiger charge is 2.43. The van der Waals surface area contributed by atoms with Crippen LogP contribution >= 0.6 is 0 Å². The number of carbonyl (C=O) groups is 2. The van der Waals surface area contributed by atoms with Crippen molar-refractivity contribution in [2.24, 2.45) is 0 Å². The molecule has 6 heteroatoms. The van der Waals surface area contributed by atoms with E-state index in [4.69, 9.17) is 9.47 Å². The van der Waals surface area contributed by atoms with E-state index in [0.29, 0.717) is 0 Å². The molecule has 2 aliphatic carbocycles. The summed E-state index contributed by atoms with van der Waals surface area (Å²) < 4.78 is 11.3. The number of carboxylic acids is 1. The molecule has 2 aromatic carbocycles. The van der Waals surface area contributed by atoms with Gasteiger partial charge >= 0.3 is 12.1 Å². The Morgan fingerprint density at radius 1 is 1.07 bits per heavy atom. The van der Waals surface area contributed by atoms with Gasteiger partial charge in [-0.2, -0.15) is 0 Å². The molecule has 0 bridgehead atoms. The van der Waals surface area contributed by atoms with Crippen LogP contribution in [-0.4, -0.2) is 42.5 Å². The maximum Gasteiger partial charge on any atom is 0.407 e. The van der Waals surface area contributed by atoms with E-state index in [2.05, 4.69) is 29.6 Å². The van der Waals surface area contributed by atoms with E-state index in [-0.39, 0.29) is 18.9 Å². The quantitative estimate of drug-likeness (QED) is 0.711. The maximum atomic E-state index is 12.6. The van der Waals surface area contributed by atoms with Gasteiger partial charge in [0, 0.05) is 13.0 Å². The third-order valence-corrected chi connectivity index (χ3v) is 6.51. The number of hydrogen-bond donors (Lipinski definition) is 2. The molecule has 2 aliphatic rings. The summed E-state index contributed by atoms with van der Waals surface area (Å²) in [6, 6.07) is 15.7. The Morgan fingerprint density at radius 3 is 2.17 bits per heavy atom. The Balaban J connectivity index is 1.47. The molecule has 4 rings (SSSR count). The molecule has 1 unspecified atom stereocenters. The molecular formula is C24H27NO5. The number of amides is 1. The molecule has 0 spiro atoms. The molecule has 0 heterocycles. The molecule has 2 aromatic rings. The number of nitrogens with one attached hydrogen (secondary N) is 1. The molecule has 0 aromatic heterocycles. The fraction of sp³-hybridized carbons (Fsp3) is 0.417. The van der Waals surface area contributed by atoms with Crippen molar-refractivity contribution in [1.29, 1.82) is 0 Å². The highest BCUT2D eigenvalue weighted by atomic mass is 16.5. The lowest BCUT2D eigenvalue weighted by Gasteiger charge is -2.35. The zero-order valence-electron chi connectivity index (χ0n) is 17.1. The molecule has 1 atom stereocenters. The summed E-state index contributed by atoms with van der Waals surface area (Å²) in [5.74, 6) is -1.01. The van der Waals surface area contributed by atoms with Crippen LogP contribution in [0.25, 0.3) is 11.1 Å². The molecule has 6 nitrogen and oxygen atoms in total. The van der Waals surface area contributed by atoms with Gasteiger partial charge in [0.1, 0.15) is 6.61 Å². The van der Waals surface area contributed by atoms with Crippen molar-refractivity contribution in [1.82, 2.24) is 5.32 Å². The first kappa shape index (κ1) is 20.4. The summed E-state index contributed by atoms with van der Waals surface area (Å²) in [5, 5.41) is 12.1. The van der Waals surface area contributed by atoms with Gasteiger partial charge in [0.05, 0.1) is 18.1 Å². The minimum Gasteiger partial charge on any atom is -0.481 e. The van der Waals surface area contributed by atoms with E-state index in [0.717, 1.165) is 47.9 Å². The monoisotopic (exact) mass is 409 g/mol. The van der Waals surface area contributed by atoms with Crippen LogP contribution in [0.2, 0.25) is 0 Å². The Morgan fingerprint density at radius 2 is 1.63 bits per heavy atom. The predicted molar refractivity (Wildman–Crippen MR) is 112 cm³/mol. The third kappa shape index (κ3) is 3.79. The fourth-order valence-corrected chi connectivity index (χ4v) is 4.99. The van der Waals surface area contributed by atoms with Crippen molar-refractivity contribution in [3.8, 4) is 11.1 Å². The molecule has 1 saturated carbocycles. The molecule has 0 saturated heterocycles. The number of benzene rings is 2. The van der Waals surface area contributed by atoms with Gasteiger partial charge in [0.2, 0.25) is 0 Å². The van der Waals surface area contributed by atoms with Crippen LogP contribution < -0.4 is 5.32 Å². The molecule has 1 fully saturated rings. The van der Waals surface area contributed by atoms with Crippen molar-refractivity contribution in [3.63, 3.8) is 0 Å². The lowest BCUT2D eigenvalue weighted by molar-refractivity contribution is -0.140. The van der Waals surface area contributed by atoms with E-state index >= 15 is 0 Å². The maximum absolute atomic E-state index is 12.6. The van der Waals surface area contributed by atoms with Gasteiger partial charge in [0.15, 0.2) is 0 Å². The van der Waals surface area contributed by atoms with Gasteiger partial charge in [0.25, 0.3) is 0 Å². The van der Waals surface area contributed by atoms with Gasteiger partial charge in [-0.1, -0.05) is 61.4 Å². The Kier molecular flexibility index (Phi) is 5.77. The first-order chi connectivity index (χ1) is 14.5. The second-order valence-electron chi connectivity index (χ2n) is 8.10. The molecular weight excluding hydrogens is 382 g/mol. The lowest BCUT2D eigenvalue weighted by Crippen LogP contribution is -2.53. The number of fused-ring (bicyclic) bond motifs is 3. The van der Waals surface area contributed by atoms with Crippen LogP contribution in [0.1, 0.15) is 49.1 Å². The first-order valence-corrected chi connectivity index (χ1v) is 10.4. The largest absolute Gasteiger partial charge is 0.481 e. The first-order valence-electron chi connectivity index (χ1n) is 10.4. The van der Waals surface area contributed by atoms with Crippen LogP contribution in [0.15, 0.2) is 48.5 Å². The van der Waals surface area contributed by atoms with Gasteiger partial charge in [-0.25, -0.2) is 4.79 Å². The van der Waals surface area contributed by atoms with Crippen LogP contribution in [0.4, 0.5) is 4.79 Å². The van der Waals surface area contributed by atoms with Gasteiger partial charge in [-0.3, -0.25) is 4.79 Å². The average molecular weight is 409 g/mol. The minimum absolute atomic E-state index is 0.0380. The highest BCUT2D eigenvalue weighted by molar-refractivity contribution is 5.79. The topological polar surface area (TPSA) is 84.9 Å². The molecule has 30 heavy (non-hydrogen) atoms. The van der Waals surface area contributed by atoms with E-state index in [1.165, 1.54) is 0 Å². The van der Waals surface area contributed by atoms with Gasteiger partial charge < -0.3 is 19.9 Å². The molecule has 0 aliphatic heterocycles. The summed E-state index contributed by atoms with van der Waals surface area (Å²) in [7, 11) is 1.58. The van der Waals surface area contributed by atoms with Crippen molar-refractivity contribution in [2.75, 3.05) is 13.7 Å². The smallest absolute Gasteiger partial charge is 0.407 e. The van der Waals surface area contributed by atoms with E-state index in [1.54, 1.807) is 7.11 Å². The van der Waals surface area contributed by atoms with Crippen molar-refractivity contribution in [2.45, 2.75) is 49.7 Å². The standard InChI is InChI=1S/C24H27NO5/c1-29-24(12-6-7-13-24)21(14-22(26)27)25-23(28)30-15-20-18-10-4-2-8-16(18)17-9-3-5-11-19(17)20/h2-5,8-11,20-21H,6-7,12-15H2,1H3,(H,25,28)(H,26,27). The number of alkyl carbamates (subject to hydrolysis) is 1. The highest BCUT2D eigenvalue weighted by Crippen LogP contribution is 2.44. The number of rotatable bonds is 7. The lowest BCUT2D eigenvalue weighted by atomic mass is 9.89. The minimum atomic E-state index is -0.970. The number of carbonyl (C=O) groups excluding carboxylic acids is 1. The Bertz CT molecular complexity index is 889. The average Bonchev–Trinajstić information content (AvgIpc) is 3.35. The molecule has 158 valence electrons. The van der Waals surface area contributed by atoms with Gasteiger partial charge in [-0.15, -0.1) is 0 Å². The number of carboxylic acid groups (broad SMARTS) is 1. The predicted octanol–water partition coefficient (Wildman–Crippen LogP) is 4.33. The molecule has 1 amide bonds. The van der Waals surface area contributed by atoms with E-state index in [9.17, 15) is 14.7 Å². The van der Waals surface area contributed by atoms with Crippen LogP contribution in [-0.2, 0) is 14.3 Å². The normalized spacial score (nSPS) is 17.8. The van der Waals surface area contributed by atoms with E-state index < -0.39 is 23.7 Å². The second-order valence-corrected chi connectivity index (χ2v) is 8.10. The zero-order chi connectivity index (χ0) is 21.1.